The molecule has 1 fully saturated rings. The molecule has 0 spiro atoms. The molecule has 7 heteroatoms. The number of ether oxygens (including phenoxy) is 1. The number of hydrogen-bond donors (Lipinski definition) is 0. The van der Waals surface area contributed by atoms with E-state index in [2.05, 4.69) is 60.7 Å². The highest BCUT2D eigenvalue weighted by Crippen LogP contribution is 2.25. The minimum absolute atomic E-state index is 0.188. The fraction of sp³-hybridized carbons (Fsp3) is 0.269. The smallest absolute Gasteiger partial charge is 0.234 e. The summed E-state index contributed by atoms with van der Waals surface area (Å²) in [5.41, 5.74) is 4.19. The molecule has 7 nitrogen and oxygen atoms in total. The van der Waals surface area contributed by atoms with Crippen LogP contribution in [0.1, 0.15) is 18.4 Å². The lowest BCUT2D eigenvalue weighted by molar-refractivity contribution is 0.246. The van der Waals surface area contributed by atoms with E-state index in [1.807, 2.05) is 37.3 Å². The van der Waals surface area contributed by atoms with Crippen LogP contribution in [0.2, 0.25) is 0 Å². The van der Waals surface area contributed by atoms with Crippen LogP contribution in [0.3, 0.4) is 0 Å². The fourth-order valence-electron chi connectivity index (χ4n) is 4.39. The maximum Gasteiger partial charge on any atom is 0.234 e. The zero-order chi connectivity index (χ0) is 22.6. The van der Waals surface area contributed by atoms with E-state index in [0.717, 1.165) is 60.9 Å². The maximum atomic E-state index is 9.28. The van der Waals surface area contributed by atoms with Crippen LogP contribution < -0.4 is 9.64 Å². The van der Waals surface area contributed by atoms with Gasteiger partial charge >= 0.3 is 0 Å². The molecular weight excluding hydrogens is 412 g/mol. The molecule has 0 atom stereocenters. The van der Waals surface area contributed by atoms with Gasteiger partial charge in [-0.3, -0.25) is 9.47 Å². The van der Waals surface area contributed by atoms with Crippen LogP contribution in [0.5, 0.6) is 5.75 Å². The lowest BCUT2D eigenvalue weighted by Gasteiger charge is -2.36. The average molecular weight is 439 g/mol. The topological polar surface area (TPSA) is 70.2 Å². The third kappa shape index (κ3) is 4.38. The minimum atomic E-state index is 0.188. The molecule has 0 bridgehead atoms. The SMILES string of the molecule is CCOc1ccc(N2CCN(Cc3cc4cnc(C#N)nc4n3-c3ccccc3)CC2)cc1. The second kappa shape index (κ2) is 9.31. The second-order valence-corrected chi connectivity index (χ2v) is 8.08. The van der Waals surface area contributed by atoms with Crippen LogP contribution in [-0.4, -0.2) is 52.2 Å². The lowest BCUT2D eigenvalue weighted by atomic mass is 10.2. The van der Waals surface area contributed by atoms with Gasteiger partial charge in [-0.15, -0.1) is 0 Å². The first kappa shape index (κ1) is 21.0. The van der Waals surface area contributed by atoms with Crippen molar-refractivity contribution in [1.82, 2.24) is 19.4 Å². The minimum Gasteiger partial charge on any atom is -0.494 e. The molecule has 0 amide bonds. The summed E-state index contributed by atoms with van der Waals surface area (Å²) < 4.78 is 7.71. The monoisotopic (exact) mass is 438 g/mol. The van der Waals surface area contributed by atoms with Gasteiger partial charge in [0, 0.05) is 61.4 Å². The molecule has 2 aromatic carbocycles. The van der Waals surface area contributed by atoms with Gasteiger partial charge in [0.2, 0.25) is 5.82 Å². The van der Waals surface area contributed by atoms with Gasteiger partial charge in [-0.05, 0) is 49.4 Å². The van der Waals surface area contributed by atoms with Crippen molar-refractivity contribution in [2.24, 2.45) is 0 Å². The molecule has 0 aliphatic carbocycles. The Morgan fingerprint density at radius 3 is 2.42 bits per heavy atom. The Balaban J connectivity index is 1.35. The quantitative estimate of drug-likeness (QED) is 0.453. The summed E-state index contributed by atoms with van der Waals surface area (Å²) in [6, 6.07) is 22.7. The molecule has 166 valence electrons. The van der Waals surface area contributed by atoms with E-state index in [9.17, 15) is 5.26 Å². The molecule has 3 heterocycles. The Morgan fingerprint density at radius 2 is 1.73 bits per heavy atom. The van der Waals surface area contributed by atoms with Crippen LogP contribution in [0.25, 0.3) is 16.7 Å². The van der Waals surface area contributed by atoms with Crippen molar-refractivity contribution in [1.29, 1.82) is 5.26 Å². The molecule has 0 radical (unpaired) electrons. The molecule has 0 saturated carbocycles. The Morgan fingerprint density at radius 1 is 0.970 bits per heavy atom. The van der Waals surface area contributed by atoms with E-state index in [0.29, 0.717) is 6.61 Å². The highest BCUT2D eigenvalue weighted by molar-refractivity contribution is 5.79. The maximum absolute atomic E-state index is 9.28. The Labute approximate surface area is 193 Å². The van der Waals surface area contributed by atoms with Crippen molar-refractivity contribution in [3.05, 3.63) is 78.4 Å². The normalized spacial score (nSPS) is 14.4. The van der Waals surface area contributed by atoms with Crippen molar-refractivity contribution in [2.45, 2.75) is 13.5 Å². The number of fused-ring (bicyclic) bond motifs is 1. The summed E-state index contributed by atoms with van der Waals surface area (Å²) >= 11 is 0. The summed E-state index contributed by atoms with van der Waals surface area (Å²) in [6.45, 7) is 7.37. The third-order valence-corrected chi connectivity index (χ3v) is 6.00. The van der Waals surface area contributed by atoms with E-state index < -0.39 is 0 Å². The summed E-state index contributed by atoms with van der Waals surface area (Å²) in [6.07, 6.45) is 1.74. The molecule has 0 N–H and O–H groups in total. The summed E-state index contributed by atoms with van der Waals surface area (Å²) in [5.74, 6) is 1.10. The summed E-state index contributed by atoms with van der Waals surface area (Å²) in [7, 11) is 0. The van der Waals surface area contributed by atoms with Crippen LogP contribution in [0, 0.1) is 11.3 Å². The fourth-order valence-corrected chi connectivity index (χ4v) is 4.39. The number of aromatic nitrogens is 3. The van der Waals surface area contributed by atoms with Crippen LogP contribution >= 0.6 is 0 Å². The average Bonchev–Trinajstić information content (AvgIpc) is 3.22. The van der Waals surface area contributed by atoms with Gasteiger partial charge in [0.15, 0.2) is 0 Å². The number of hydrogen-bond acceptors (Lipinski definition) is 6. The second-order valence-electron chi connectivity index (χ2n) is 8.08. The molecule has 33 heavy (non-hydrogen) atoms. The van der Waals surface area contributed by atoms with Crippen LogP contribution in [0.4, 0.5) is 5.69 Å². The molecule has 2 aromatic heterocycles. The van der Waals surface area contributed by atoms with Gasteiger partial charge in [-0.2, -0.15) is 5.26 Å². The lowest BCUT2D eigenvalue weighted by Crippen LogP contribution is -2.46. The van der Waals surface area contributed by atoms with Crippen molar-refractivity contribution in [3.8, 4) is 17.5 Å². The predicted octanol–water partition coefficient (Wildman–Crippen LogP) is 4.01. The molecular formula is C26H26N6O. The van der Waals surface area contributed by atoms with Crippen molar-refractivity contribution < 1.29 is 4.74 Å². The predicted molar refractivity (Wildman–Crippen MR) is 129 cm³/mol. The van der Waals surface area contributed by atoms with Gasteiger partial charge in [0.05, 0.1) is 6.61 Å². The van der Waals surface area contributed by atoms with E-state index in [1.165, 1.54) is 5.69 Å². The largest absolute Gasteiger partial charge is 0.494 e. The van der Waals surface area contributed by atoms with Crippen LogP contribution in [-0.2, 0) is 6.54 Å². The first-order chi connectivity index (χ1) is 16.2. The van der Waals surface area contributed by atoms with E-state index >= 15 is 0 Å². The Bertz CT molecular complexity index is 1270. The highest BCUT2D eigenvalue weighted by Gasteiger charge is 2.20. The van der Waals surface area contributed by atoms with Crippen molar-refractivity contribution in [3.63, 3.8) is 0 Å². The number of para-hydroxylation sites is 1. The Hall–Kier alpha value is -3.89. The van der Waals surface area contributed by atoms with Crippen molar-refractivity contribution in [2.75, 3.05) is 37.7 Å². The number of piperazine rings is 1. The van der Waals surface area contributed by atoms with Gasteiger partial charge in [-0.1, -0.05) is 18.2 Å². The zero-order valence-corrected chi connectivity index (χ0v) is 18.7. The molecule has 1 saturated heterocycles. The number of nitrogens with zero attached hydrogens (tertiary/aromatic N) is 6. The van der Waals surface area contributed by atoms with Crippen LogP contribution in [0.15, 0.2) is 66.9 Å². The number of benzene rings is 2. The third-order valence-electron chi connectivity index (χ3n) is 6.00. The first-order valence-corrected chi connectivity index (χ1v) is 11.3. The van der Waals surface area contributed by atoms with Crippen molar-refractivity contribution >= 4 is 16.7 Å². The first-order valence-electron chi connectivity index (χ1n) is 11.3. The summed E-state index contributed by atoms with van der Waals surface area (Å²) in [5, 5.41) is 10.2. The van der Waals surface area contributed by atoms with Gasteiger partial charge in [0.25, 0.3) is 0 Å². The molecule has 5 rings (SSSR count). The van der Waals surface area contributed by atoms with Gasteiger partial charge in [0.1, 0.15) is 17.5 Å². The zero-order valence-electron chi connectivity index (χ0n) is 18.7. The van der Waals surface area contributed by atoms with E-state index in [1.54, 1.807) is 6.20 Å². The standard InChI is InChI=1S/C26H26N6O/c1-2-33-24-10-8-21(9-11-24)31-14-12-30(13-15-31)19-23-16-20-18-28-25(17-27)29-26(20)32(23)22-6-4-3-5-7-22/h3-11,16,18H,2,12-15,19H2,1H3. The van der Waals surface area contributed by atoms with E-state index in [4.69, 9.17) is 4.74 Å². The van der Waals surface area contributed by atoms with Gasteiger partial charge < -0.3 is 9.64 Å². The number of rotatable bonds is 6. The number of nitriles is 1. The number of anilines is 1. The molecule has 0 unspecified atom stereocenters. The Kier molecular flexibility index (Phi) is 5.92. The molecule has 4 aromatic rings. The molecule has 1 aliphatic rings. The summed E-state index contributed by atoms with van der Waals surface area (Å²) in [4.78, 5) is 13.6. The van der Waals surface area contributed by atoms with E-state index in [-0.39, 0.29) is 5.82 Å². The molecule has 1 aliphatic heterocycles. The highest BCUT2D eigenvalue weighted by atomic mass is 16.5. The van der Waals surface area contributed by atoms with Gasteiger partial charge in [-0.25, -0.2) is 9.97 Å².